The van der Waals surface area contributed by atoms with E-state index < -0.39 is 0 Å². The minimum absolute atomic E-state index is 0.125. The predicted octanol–water partition coefficient (Wildman–Crippen LogP) is 1.27. The van der Waals surface area contributed by atoms with Crippen molar-refractivity contribution in [2.75, 3.05) is 6.54 Å². The van der Waals surface area contributed by atoms with Crippen molar-refractivity contribution < 1.29 is 0 Å². The highest BCUT2D eigenvalue weighted by atomic mass is 32.1. The Morgan fingerprint density at radius 3 is 3.00 bits per heavy atom. The molecule has 4 nitrogen and oxygen atoms in total. The Hall–Kier alpha value is -1.20. The molecule has 0 amide bonds. The minimum Gasteiger partial charge on any atom is -0.329 e. The van der Waals surface area contributed by atoms with Gasteiger partial charge in [0, 0.05) is 23.8 Å². The molecule has 2 rings (SSSR count). The zero-order valence-corrected chi connectivity index (χ0v) is 8.71. The highest BCUT2D eigenvalue weighted by Crippen LogP contribution is 2.23. The lowest BCUT2D eigenvalue weighted by Gasteiger charge is -2.07. The van der Waals surface area contributed by atoms with Crippen molar-refractivity contribution in [2.24, 2.45) is 5.73 Å². The average Bonchev–Trinajstić information content (AvgIpc) is 2.79. The Morgan fingerprint density at radius 1 is 1.64 bits per heavy atom. The molecule has 0 radical (unpaired) electrons. The van der Waals surface area contributed by atoms with Crippen LogP contribution < -0.4 is 5.73 Å². The van der Waals surface area contributed by atoms with Crippen LogP contribution in [0.5, 0.6) is 0 Å². The van der Waals surface area contributed by atoms with E-state index in [9.17, 15) is 0 Å². The first-order valence-electron chi connectivity index (χ1n) is 4.42. The van der Waals surface area contributed by atoms with Crippen molar-refractivity contribution in [3.8, 4) is 0 Å². The topological polar surface area (TPSA) is 67.6 Å². The number of nitrogens with one attached hydrogen (secondary N) is 1. The van der Waals surface area contributed by atoms with Gasteiger partial charge < -0.3 is 5.73 Å². The summed E-state index contributed by atoms with van der Waals surface area (Å²) in [6.07, 6.45) is 1.79. The van der Waals surface area contributed by atoms with Gasteiger partial charge in [-0.2, -0.15) is 5.10 Å². The predicted molar refractivity (Wildman–Crippen MR) is 56.3 cm³/mol. The molecule has 14 heavy (non-hydrogen) atoms. The first kappa shape index (κ1) is 9.36. The van der Waals surface area contributed by atoms with Crippen LogP contribution in [-0.2, 0) is 0 Å². The summed E-state index contributed by atoms with van der Waals surface area (Å²) >= 11 is 1.61. The lowest BCUT2D eigenvalue weighted by atomic mass is 10.1. The third kappa shape index (κ3) is 1.69. The van der Waals surface area contributed by atoms with Gasteiger partial charge in [0.1, 0.15) is 5.01 Å². The Kier molecular flexibility index (Phi) is 2.60. The van der Waals surface area contributed by atoms with E-state index in [0.29, 0.717) is 6.54 Å². The van der Waals surface area contributed by atoms with Gasteiger partial charge in [0.25, 0.3) is 0 Å². The zero-order chi connectivity index (χ0) is 9.97. The van der Waals surface area contributed by atoms with Crippen molar-refractivity contribution in [2.45, 2.75) is 12.8 Å². The van der Waals surface area contributed by atoms with Gasteiger partial charge >= 0.3 is 0 Å². The fourth-order valence-corrected chi connectivity index (χ4v) is 2.14. The second kappa shape index (κ2) is 3.89. The molecule has 0 saturated carbocycles. The highest BCUT2D eigenvalue weighted by Gasteiger charge is 2.17. The van der Waals surface area contributed by atoms with E-state index in [1.807, 2.05) is 18.4 Å². The summed E-state index contributed by atoms with van der Waals surface area (Å²) in [6, 6.07) is 2.01. The van der Waals surface area contributed by atoms with Gasteiger partial charge in [0.15, 0.2) is 0 Å². The molecule has 5 heteroatoms. The summed E-state index contributed by atoms with van der Waals surface area (Å²) in [6.45, 7) is 2.52. The summed E-state index contributed by atoms with van der Waals surface area (Å²) in [4.78, 5) is 4.26. The lowest BCUT2D eigenvalue weighted by Crippen LogP contribution is -2.13. The summed E-state index contributed by atoms with van der Waals surface area (Å²) in [5.74, 6) is 0.125. The number of rotatable bonds is 3. The zero-order valence-electron chi connectivity index (χ0n) is 7.90. The molecular formula is C9H12N4S. The lowest BCUT2D eigenvalue weighted by molar-refractivity contribution is 0.771. The quantitative estimate of drug-likeness (QED) is 0.798. The maximum absolute atomic E-state index is 5.72. The van der Waals surface area contributed by atoms with Crippen molar-refractivity contribution in [1.82, 2.24) is 15.2 Å². The third-order valence-corrected chi connectivity index (χ3v) is 2.96. The van der Waals surface area contributed by atoms with Crippen LogP contribution in [0.3, 0.4) is 0 Å². The Bertz CT molecular complexity index is 393. The van der Waals surface area contributed by atoms with Gasteiger partial charge in [-0.1, -0.05) is 0 Å². The number of hydrogen-bond donors (Lipinski definition) is 2. The third-order valence-electron chi connectivity index (χ3n) is 2.07. The van der Waals surface area contributed by atoms with Gasteiger partial charge in [0.05, 0.1) is 11.6 Å². The van der Waals surface area contributed by atoms with Gasteiger partial charge in [-0.05, 0) is 13.0 Å². The number of aromatic amines is 1. The summed E-state index contributed by atoms with van der Waals surface area (Å²) < 4.78 is 0. The van der Waals surface area contributed by atoms with E-state index in [1.54, 1.807) is 17.5 Å². The van der Waals surface area contributed by atoms with Crippen LogP contribution in [0, 0.1) is 6.92 Å². The smallest absolute Gasteiger partial charge is 0.103 e. The SMILES string of the molecule is Cc1cc(C(CN)c2nccs2)n[nH]1. The Labute approximate surface area is 86.2 Å². The fourth-order valence-electron chi connectivity index (χ4n) is 1.37. The molecule has 0 aliphatic carbocycles. The molecule has 0 spiro atoms. The van der Waals surface area contributed by atoms with Crippen LogP contribution in [0.1, 0.15) is 22.3 Å². The molecule has 0 aliphatic heterocycles. The van der Waals surface area contributed by atoms with Crippen molar-refractivity contribution in [3.63, 3.8) is 0 Å². The first-order valence-corrected chi connectivity index (χ1v) is 5.30. The fraction of sp³-hybridized carbons (Fsp3) is 0.333. The van der Waals surface area contributed by atoms with Crippen LogP contribution in [0.15, 0.2) is 17.6 Å². The minimum atomic E-state index is 0.125. The summed E-state index contributed by atoms with van der Waals surface area (Å²) in [7, 11) is 0. The van der Waals surface area contributed by atoms with Crippen LogP contribution in [-0.4, -0.2) is 21.7 Å². The maximum Gasteiger partial charge on any atom is 0.103 e. The molecule has 2 aromatic heterocycles. The molecule has 1 atom stereocenters. The number of nitrogens with two attached hydrogens (primary N) is 1. The van der Waals surface area contributed by atoms with Gasteiger partial charge in [0.2, 0.25) is 0 Å². The number of H-pyrrole nitrogens is 1. The molecule has 0 fully saturated rings. The van der Waals surface area contributed by atoms with Crippen LogP contribution in [0.2, 0.25) is 0 Å². The molecule has 0 saturated heterocycles. The van der Waals surface area contributed by atoms with E-state index in [1.165, 1.54) is 0 Å². The first-order chi connectivity index (χ1) is 6.81. The number of nitrogens with zero attached hydrogens (tertiary/aromatic N) is 2. The molecule has 74 valence electrons. The van der Waals surface area contributed by atoms with Gasteiger partial charge in [-0.25, -0.2) is 4.98 Å². The number of aryl methyl sites for hydroxylation is 1. The van der Waals surface area contributed by atoms with Crippen molar-refractivity contribution >= 4 is 11.3 Å². The van der Waals surface area contributed by atoms with E-state index >= 15 is 0 Å². The highest BCUT2D eigenvalue weighted by molar-refractivity contribution is 7.09. The normalized spacial score (nSPS) is 13.0. The molecule has 2 heterocycles. The molecule has 2 aromatic rings. The van der Waals surface area contributed by atoms with E-state index in [0.717, 1.165) is 16.4 Å². The van der Waals surface area contributed by atoms with Crippen LogP contribution in [0.25, 0.3) is 0 Å². The van der Waals surface area contributed by atoms with Gasteiger partial charge in [-0.3, -0.25) is 5.10 Å². The average molecular weight is 208 g/mol. The van der Waals surface area contributed by atoms with Crippen molar-refractivity contribution in [3.05, 3.63) is 34.0 Å². The molecule has 0 bridgehead atoms. The van der Waals surface area contributed by atoms with E-state index in [-0.39, 0.29) is 5.92 Å². The van der Waals surface area contributed by atoms with Gasteiger partial charge in [-0.15, -0.1) is 11.3 Å². The van der Waals surface area contributed by atoms with Crippen LogP contribution >= 0.6 is 11.3 Å². The standard InChI is InChI=1S/C9H12N4S/c1-6-4-8(13-12-6)7(5-10)9-11-2-3-14-9/h2-4,7H,5,10H2,1H3,(H,12,13). The van der Waals surface area contributed by atoms with Crippen molar-refractivity contribution in [1.29, 1.82) is 0 Å². The Balaban J connectivity index is 2.31. The largest absolute Gasteiger partial charge is 0.329 e. The van der Waals surface area contributed by atoms with Crippen LogP contribution in [0.4, 0.5) is 0 Å². The monoisotopic (exact) mass is 208 g/mol. The molecule has 1 unspecified atom stereocenters. The Morgan fingerprint density at radius 2 is 2.50 bits per heavy atom. The molecule has 3 N–H and O–H groups in total. The molecule has 0 aliphatic rings. The number of thiazole rings is 1. The molecule has 0 aromatic carbocycles. The molecular weight excluding hydrogens is 196 g/mol. The van der Waals surface area contributed by atoms with E-state index in [2.05, 4.69) is 15.2 Å². The number of hydrogen-bond acceptors (Lipinski definition) is 4. The maximum atomic E-state index is 5.72. The summed E-state index contributed by atoms with van der Waals surface area (Å²) in [5.41, 5.74) is 7.74. The van der Waals surface area contributed by atoms with E-state index in [4.69, 9.17) is 5.73 Å². The second-order valence-corrected chi connectivity index (χ2v) is 4.06. The summed E-state index contributed by atoms with van der Waals surface area (Å²) in [5, 5.41) is 10.1. The number of aromatic nitrogens is 3. The second-order valence-electron chi connectivity index (χ2n) is 3.13.